The lowest BCUT2D eigenvalue weighted by atomic mass is 10.2. The number of methoxy groups -OCH3 is 2. The van der Waals surface area contributed by atoms with Crippen LogP contribution in [0.3, 0.4) is 0 Å². The van der Waals surface area contributed by atoms with E-state index in [0.717, 1.165) is 18.4 Å². The minimum absolute atomic E-state index is 0.0697. The predicted molar refractivity (Wildman–Crippen MR) is 68.1 cm³/mol. The van der Waals surface area contributed by atoms with Crippen LogP contribution in [0.1, 0.15) is 18.4 Å². The highest BCUT2D eigenvalue weighted by atomic mass is 16.6. The molecule has 0 radical (unpaired) electrons. The molecule has 1 aromatic carbocycles. The fraction of sp³-hybridized carbons (Fsp3) is 0.500. The van der Waals surface area contributed by atoms with Crippen LogP contribution >= 0.6 is 0 Å². The van der Waals surface area contributed by atoms with E-state index in [-0.39, 0.29) is 18.5 Å². The van der Waals surface area contributed by atoms with E-state index in [1.54, 1.807) is 18.2 Å². The topological polar surface area (TPSA) is 65.0 Å². The van der Waals surface area contributed by atoms with E-state index in [9.17, 15) is 4.79 Å². The third kappa shape index (κ3) is 3.17. The molecule has 0 amide bonds. The van der Waals surface area contributed by atoms with E-state index in [4.69, 9.17) is 19.3 Å². The first-order chi connectivity index (χ1) is 9.19. The number of carbonyl (C=O) groups excluding carboxylic acids is 1. The summed E-state index contributed by atoms with van der Waals surface area (Å²) in [5, 5.41) is 9.08. The van der Waals surface area contributed by atoms with Gasteiger partial charge in [-0.3, -0.25) is 0 Å². The Morgan fingerprint density at radius 2 is 2.11 bits per heavy atom. The van der Waals surface area contributed by atoms with Gasteiger partial charge < -0.3 is 19.3 Å². The van der Waals surface area contributed by atoms with Crippen LogP contribution < -0.4 is 9.47 Å². The summed E-state index contributed by atoms with van der Waals surface area (Å²) < 4.78 is 15.7. The standard InChI is InChI=1S/C14H18O5/c1-17-12-7-9(8-15)3-6-11(12)19-13(10-4-5-10)14(16)18-2/h3,6-7,10,13,15H,4-5,8H2,1-2H3. The second-order valence-corrected chi connectivity index (χ2v) is 4.54. The van der Waals surface area contributed by atoms with Gasteiger partial charge in [0.1, 0.15) is 0 Å². The predicted octanol–water partition coefficient (Wildman–Crippen LogP) is 1.52. The van der Waals surface area contributed by atoms with Crippen LogP contribution in [-0.2, 0) is 16.1 Å². The smallest absolute Gasteiger partial charge is 0.347 e. The van der Waals surface area contributed by atoms with Crippen molar-refractivity contribution in [1.82, 2.24) is 0 Å². The molecule has 5 heteroatoms. The van der Waals surface area contributed by atoms with Crippen molar-refractivity contribution >= 4 is 5.97 Å². The van der Waals surface area contributed by atoms with Crippen molar-refractivity contribution in [3.05, 3.63) is 23.8 Å². The van der Waals surface area contributed by atoms with Crippen molar-refractivity contribution in [3.63, 3.8) is 0 Å². The second-order valence-electron chi connectivity index (χ2n) is 4.54. The SMILES string of the molecule is COC(=O)C(Oc1ccc(CO)cc1OC)C1CC1. The maximum absolute atomic E-state index is 11.7. The zero-order valence-corrected chi connectivity index (χ0v) is 11.1. The summed E-state index contributed by atoms with van der Waals surface area (Å²) in [7, 11) is 2.88. The Hall–Kier alpha value is -1.75. The molecule has 0 spiro atoms. The summed E-state index contributed by atoms with van der Waals surface area (Å²) in [5.41, 5.74) is 0.727. The summed E-state index contributed by atoms with van der Waals surface area (Å²) in [6, 6.07) is 5.12. The zero-order chi connectivity index (χ0) is 13.8. The Morgan fingerprint density at radius 3 is 2.63 bits per heavy atom. The molecule has 1 aliphatic carbocycles. The molecule has 0 saturated heterocycles. The van der Waals surface area contributed by atoms with Crippen LogP contribution in [0, 0.1) is 5.92 Å². The molecule has 1 aromatic rings. The van der Waals surface area contributed by atoms with E-state index in [2.05, 4.69) is 0 Å². The van der Waals surface area contributed by atoms with Crippen molar-refractivity contribution in [2.45, 2.75) is 25.6 Å². The van der Waals surface area contributed by atoms with Gasteiger partial charge in [0, 0.05) is 5.92 Å². The molecule has 1 aliphatic rings. The van der Waals surface area contributed by atoms with Gasteiger partial charge in [-0.2, -0.15) is 0 Å². The number of rotatable bonds is 6. The number of hydrogen-bond acceptors (Lipinski definition) is 5. The lowest BCUT2D eigenvalue weighted by Gasteiger charge is -2.18. The molecule has 1 atom stereocenters. The minimum atomic E-state index is -0.584. The van der Waals surface area contributed by atoms with Gasteiger partial charge in [-0.25, -0.2) is 4.79 Å². The van der Waals surface area contributed by atoms with Crippen LogP contribution in [0.15, 0.2) is 18.2 Å². The lowest BCUT2D eigenvalue weighted by Crippen LogP contribution is -2.30. The van der Waals surface area contributed by atoms with Gasteiger partial charge in [0.05, 0.1) is 20.8 Å². The third-order valence-corrected chi connectivity index (χ3v) is 3.15. The lowest BCUT2D eigenvalue weighted by molar-refractivity contribution is -0.149. The van der Waals surface area contributed by atoms with E-state index in [0.29, 0.717) is 11.5 Å². The minimum Gasteiger partial charge on any atom is -0.493 e. The highest BCUT2D eigenvalue weighted by Gasteiger charge is 2.39. The highest BCUT2D eigenvalue weighted by molar-refractivity contribution is 5.76. The molecular formula is C14H18O5. The van der Waals surface area contributed by atoms with Gasteiger partial charge in [-0.1, -0.05) is 6.07 Å². The summed E-state index contributed by atoms with van der Waals surface area (Å²) >= 11 is 0. The number of ether oxygens (including phenoxy) is 3. The molecule has 1 saturated carbocycles. The van der Waals surface area contributed by atoms with Crippen LogP contribution in [-0.4, -0.2) is 31.4 Å². The quantitative estimate of drug-likeness (QED) is 0.791. The van der Waals surface area contributed by atoms with Gasteiger partial charge >= 0.3 is 5.97 Å². The first kappa shape index (κ1) is 13.7. The maximum Gasteiger partial charge on any atom is 0.347 e. The fourth-order valence-electron chi connectivity index (χ4n) is 1.90. The van der Waals surface area contributed by atoms with E-state index < -0.39 is 6.10 Å². The summed E-state index contributed by atoms with van der Waals surface area (Å²) in [5.74, 6) is 0.841. The molecule has 0 aliphatic heterocycles. The Morgan fingerprint density at radius 1 is 1.37 bits per heavy atom. The number of benzene rings is 1. The molecule has 2 rings (SSSR count). The molecule has 1 N–H and O–H groups in total. The van der Waals surface area contributed by atoms with Gasteiger partial charge in [-0.05, 0) is 30.5 Å². The van der Waals surface area contributed by atoms with Crippen LogP contribution in [0.4, 0.5) is 0 Å². The molecule has 1 fully saturated rings. The molecule has 0 aromatic heterocycles. The largest absolute Gasteiger partial charge is 0.493 e. The van der Waals surface area contributed by atoms with Crippen molar-refractivity contribution in [1.29, 1.82) is 0 Å². The van der Waals surface area contributed by atoms with E-state index in [1.165, 1.54) is 14.2 Å². The Bertz CT molecular complexity index is 453. The van der Waals surface area contributed by atoms with Crippen LogP contribution in [0.5, 0.6) is 11.5 Å². The highest BCUT2D eigenvalue weighted by Crippen LogP contribution is 2.38. The Labute approximate surface area is 112 Å². The molecule has 0 bridgehead atoms. The molecule has 0 heterocycles. The van der Waals surface area contributed by atoms with E-state index >= 15 is 0 Å². The van der Waals surface area contributed by atoms with Crippen LogP contribution in [0.2, 0.25) is 0 Å². The summed E-state index contributed by atoms with van der Waals surface area (Å²) in [6.07, 6.45) is 1.35. The Kier molecular flexibility index (Phi) is 4.27. The van der Waals surface area contributed by atoms with E-state index in [1.807, 2.05) is 0 Å². The average molecular weight is 266 g/mol. The Balaban J connectivity index is 2.18. The second kappa shape index (κ2) is 5.93. The zero-order valence-electron chi connectivity index (χ0n) is 11.1. The molecule has 19 heavy (non-hydrogen) atoms. The first-order valence-electron chi connectivity index (χ1n) is 6.22. The number of aliphatic hydroxyl groups is 1. The molecular weight excluding hydrogens is 248 g/mol. The van der Waals surface area contributed by atoms with Crippen LogP contribution in [0.25, 0.3) is 0 Å². The number of carbonyl (C=O) groups is 1. The monoisotopic (exact) mass is 266 g/mol. The number of esters is 1. The summed E-state index contributed by atoms with van der Waals surface area (Å²) in [6.45, 7) is -0.0697. The maximum atomic E-state index is 11.7. The van der Waals surface area contributed by atoms with Gasteiger partial charge in [-0.15, -0.1) is 0 Å². The number of hydrogen-bond donors (Lipinski definition) is 1. The fourth-order valence-corrected chi connectivity index (χ4v) is 1.90. The van der Waals surface area contributed by atoms with Gasteiger partial charge in [0.2, 0.25) is 0 Å². The molecule has 5 nitrogen and oxygen atoms in total. The van der Waals surface area contributed by atoms with Crippen molar-refractivity contribution < 1.29 is 24.1 Å². The molecule has 104 valence electrons. The number of aliphatic hydroxyl groups excluding tert-OH is 1. The normalized spacial score (nSPS) is 15.7. The van der Waals surface area contributed by atoms with Crippen molar-refractivity contribution in [2.24, 2.45) is 5.92 Å². The average Bonchev–Trinajstić information content (AvgIpc) is 3.28. The summed E-state index contributed by atoms with van der Waals surface area (Å²) in [4.78, 5) is 11.7. The van der Waals surface area contributed by atoms with Gasteiger partial charge in [0.25, 0.3) is 0 Å². The van der Waals surface area contributed by atoms with Crippen molar-refractivity contribution in [3.8, 4) is 11.5 Å². The van der Waals surface area contributed by atoms with Crippen molar-refractivity contribution in [2.75, 3.05) is 14.2 Å². The molecule has 1 unspecified atom stereocenters. The third-order valence-electron chi connectivity index (χ3n) is 3.15. The van der Waals surface area contributed by atoms with Gasteiger partial charge in [0.15, 0.2) is 17.6 Å². The first-order valence-corrected chi connectivity index (χ1v) is 6.22.